The first-order chi connectivity index (χ1) is 8.71. The second-order valence-corrected chi connectivity index (χ2v) is 5.10. The fourth-order valence-electron chi connectivity index (χ4n) is 2.44. The highest BCUT2D eigenvalue weighted by molar-refractivity contribution is 6.18. The van der Waals surface area contributed by atoms with Gasteiger partial charge < -0.3 is 10.1 Å². The van der Waals surface area contributed by atoms with Gasteiger partial charge in [-0.1, -0.05) is 12.8 Å². The molecule has 1 heterocycles. The van der Waals surface area contributed by atoms with Gasteiger partial charge in [0.05, 0.1) is 17.7 Å². The number of rotatable bonds is 5. The minimum atomic E-state index is -0.00977. The van der Waals surface area contributed by atoms with Crippen molar-refractivity contribution in [1.82, 2.24) is 9.97 Å². The molecule has 5 heteroatoms. The molecular weight excluding hydrogens is 250 g/mol. The van der Waals surface area contributed by atoms with Gasteiger partial charge in [0.1, 0.15) is 12.1 Å². The number of hydrogen-bond acceptors (Lipinski definition) is 4. The quantitative estimate of drug-likeness (QED) is 0.834. The molecule has 0 bridgehead atoms. The summed E-state index contributed by atoms with van der Waals surface area (Å²) in [6, 6.07) is 0. The van der Waals surface area contributed by atoms with E-state index in [9.17, 15) is 0 Å². The maximum atomic E-state index is 6.13. The Morgan fingerprint density at radius 2 is 2.11 bits per heavy atom. The molecular formula is C13H20ClN3O. The van der Waals surface area contributed by atoms with Crippen molar-refractivity contribution in [1.29, 1.82) is 0 Å². The molecule has 1 aliphatic carbocycles. The largest absolute Gasteiger partial charge is 0.478 e. The van der Waals surface area contributed by atoms with E-state index in [1.807, 2.05) is 13.8 Å². The van der Waals surface area contributed by atoms with E-state index in [0.717, 1.165) is 24.2 Å². The number of hydrogen-bond donors (Lipinski definition) is 1. The number of alkyl halides is 1. The standard InChI is InChI=1S/C13H20ClN3O/c1-3-18-12-10(2)11(15-9-16-12)17-13(8-14)6-4-5-7-13/h9H,3-8H2,1-2H3,(H,15,16,17). The zero-order chi connectivity index (χ0) is 13.0. The van der Waals surface area contributed by atoms with Crippen molar-refractivity contribution in [3.05, 3.63) is 11.9 Å². The van der Waals surface area contributed by atoms with Crippen LogP contribution in [0.1, 0.15) is 38.2 Å². The Balaban J connectivity index is 2.20. The molecule has 0 aromatic carbocycles. The van der Waals surface area contributed by atoms with Crippen LogP contribution in [-0.4, -0.2) is 28.0 Å². The summed E-state index contributed by atoms with van der Waals surface area (Å²) in [5.74, 6) is 2.11. The molecule has 18 heavy (non-hydrogen) atoms. The summed E-state index contributed by atoms with van der Waals surface area (Å²) >= 11 is 6.13. The van der Waals surface area contributed by atoms with Crippen molar-refractivity contribution in [3.63, 3.8) is 0 Å². The number of nitrogens with one attached hydrogen (secondary N) is 1. The van der Waals surface area contributed by atoms with Crippen LogP contribution >= 0.6 is 11.6 Å². The molecule has 1 N–H and O–H groups in total. The lowest BCUT2D eigenvalue weighted by molar-refractivity contribution is 0.323. The van der Waals surface area contributed by atoms with Gasteiger partial charge in [0.2, 0.25) is 5.88 Å². The van der Waals surface area contributed by atoms with Gasteiger partial charge in [-0.3, -0.25) is 0 Å². The van der Waals surface area contributed by atoms with Crippen molar-refractivity contribution in [2.24, 2.45) is 0 Å². The first kappa shape index (κ1) is 13.4. The van der Waals surface area contributed by atoms with Crippen LogP contribution in [0, 0.1) is 6.92 Å². The second kappa shape index (κ2) is 5.74. The molecule has 0 saturated heterocycles. The normalized spacial score (nSPS) is 17.7. The minimum Gasteiger partial charge on any atom is -0.478 e. The number of nitrogens with zero attached hydrogens (tertiary/aromatic N) is 2. The fourth-order valence-corrected chi connectivity index (χ4v) is 2.77. The van der Waals surface area contributed by atoms with E-state index in [1.165, 1.54) is 19.2 Å². The molecule has 1 aromatic rings. The highest BCUT2D eigenvalue weighted by Crippen LogP contribution is 2.35. The average molecular weight is 270 g/mol. The van der Waals surface area contributed by atoms with Crippen molar-refractivity contribution < 1.29 is 4.74 Å². The number of ether oxygens (including phenoxy) is 1. The van der Waals surface area contributed by atoms with Crippen LogP contribution in [0.4, 0.5) is 5.82 Å². The lowest BCUT2D eigenvalue weighted by Gasteiger charge is -2.29. The van der Waals surface area contributed by atoms with E-state index < -0.39 is 0 Å². The Morgan fingerprint density at radius 3 is 2.72 bits per heavy atom. The summed E-state index contributed by atoms with van der Waals surface area (Å²) in [6.45, 7) is 4.54. The molecule has 0 radical (unpaired) electrons. The fraction of sp³-hybridized carbons (Fsp3) is 0.692. The summed E-state index contributed by atoms with van der Waals surface area (Å²) in [5.41, 5.74) is 0.945. The highest BCUT2D eigenvalue weighted by atomic mass is 35.5. The molecule has 0 unspecified atom stereocenters. The number of halogens is 1. The lowest BCUT2D eigenvalue weighted by Crippen LogP contribution is -2.37. The van der Waals surface area contributed by atoms with Crippen molar-refractivity contribution in [2.45, 2.75) is 45.1 Å². The van der Waals surface area contributed by atoms with Crippen molar-refractivity contribution >= 4 is 17.4 Å². The molecule has 1 aliphatic rings. The average Bonchev–Trinajstić information content (AvgIpc) is 2.84. The minimum absolute atomic E-state index is 0.00977. The van der Waals surface area contributed by atoms with Crippen LogP contribution in [0.5, 0.6) is 5.88 Å². The SMILES string of the molecule is CCOc1ncnc(NC2(CCl)CCCC2)c1C. The van der Waals surface area contributed by atoms with Crippen LogP contribution in [-0.2, 0) is 0 Å². The Hall–Kier alpha value is -1.03. The molecule has 0 aliphatic heterocycles. The lowest BCUT2D eigenvalue weighted by atomic mass is 10.0. The Kier molecular flexibility index (Phi) is 4.27. The van der Waals surface area contributed by atoms with Gasteiger partial charge in [-0.25, -0.2) is 9.97 Å². The molecule has 0 amide bonds. The summed E-state index contributed by atoms with van der Waals surface area (Å²) in [4.78, 5) is 8.46. The monoisotopic (exact) mass is 269 g/mol. The number of aromatic nitrogens is 2. The summed E-state index contributed by atoms with van der Waals surface area (Å²) in [7, 11) is 0. The van der Waals surface area contributed by atoms with Crippen LogP contribution in [0.3, 0.4) is 0 Å². The third-order valence-corrected chi connectivity index (χ3v) is 4.03. The zero-order valence-corrected chi connectivity index (χ0v) is 11.8. The van der Waals surface area contributed by atoms with E-state index in [-0.39, 0.29) is 5.54 Å². The zero-order valence-electron chi connectivity index (χ0n) is 11.0. The van der Waals surface area contributed by atoms with Crippen LogP contribution < -0.4 is 10.1 Å². The molecule has 0 atom stereocenters. The van der Waals surface area contributed by atoms with Crippen molar-refractivity contribution in [2.75, 3.05) is 17.8 Å². The van der Waals surface area contributed by atoms with Gasteiger partial charge in [-0.2, -0.15) is 0 Å². The van der Waals surface area contributed by atoms with Gasteiger partial charge >= 0.3 is 0 Å². The molecule has 2 rings (SSSR count). The van der Waals surface area contributed by atoms with Gasteiger partial charge in [0.25, 0.3) is 0 Å². The molecule has 0 spiro atoms. The second-order valence-electron chi connectivity index (χ2n) is 4.83. The first-order valence-electron chi connectivity index (χ1n) is 6.49. The van der Waals surface area contributed by atoms with E-state index in [1.54, 1.807) is 0 Å². The summed E-state index contributed by atoms with van der Waals surface area (Å²) < 4.78 is 5.48. The van der Waals surface area contributed by atoms with Gasteiger partial charge in [-0.05, 0) is 26.7 Å². The third kappa shape index (κ3) is 2.69. The predicted octanol–water partition coefficient (Wildman–Crippen LogP) is 3.15. The molecule has 4 nitrogen and oxygen atoms in total. The van der Waals surface area contributed by atoms with E-state index in [0.29, 0.717) is 18.4 Å². The predicted molar refractivity (Wildman–Crippen MR) is 73.5 cm³/mol. The van der Waals surface area contributed by atoms with E-state index >= 15 is 0 Å². The Bertz CT molecular complexity index is 405. The van der Waals surface area contributed by atoms with Crippen LogP contribution in [0.2, 0.25) is 0 Å². The highest BCUT2D eigenvalue weighted by Gasteiger charge is 2.33. The summed E-state index contributed by atoms with van der Waals surface area (Å²) in [5, 5.41) is 3.51. The molecule has 1 fully saturated rings. The smallest absolute Gasteiger partial charge is 0.221 e. The third-order valence-electron chi connectivity index (χ3n) is 3.52. The van der Waals surface area contributed by atoms with Gasteiger partial charge in [0, 0.05) is 5.88 Å². The Labute approximate surface area is 113 Å². The molecule has 100 valence electrons. The first-order valence-corrected chi connectivity index (χ1v) is 7.03. The van der Waals surface area contributed by atoms with Gasteiger partial charge in [0.15, 0.2) is 0 Å². The van der Waals surface area contributed by atoms with Crippen molar-refractivity contribution in [3.8, 4) is 5.88 Å². The molecule has 1 aromatic heterocycles. The van der Waals surface area contributed by atoms with E-state index in [2.05, 4.69) is 15.3 Å². The van der Waals surface area contributed by atoms with Crippen LogP contribution in [0.25, 0.3) is 0 Å². The number of anilines is 1. The summed E-state index contributed by atoms with van der Waals surface area (Å²) in [6.07, 6.45) is 6.19. The molecule has 1 saturated carbocycles. The van der Waals surface area contributed by atoms with E-state index in [4.69, 9.17) is 16.3 Å². The Morgan fingerprint density at radius 1 is 1.39 bits per heavy atom. The maximum absolute atomic E-state index is 6.13. The topological polar surface area (TPSA) is 47.0 Å². The van der Waals surface area contributed by atoms with Crippen LogP contribution in [0.15, 0.2) is 6.33 Å². The van der Waals surface area contributed by atoms with Gasteiger partial charge in [-0.15, -0.1) is 11.6 Å². The maximum Gasteiger partial charge on any atom is 0.221 e.